The summed E-state index contributed by atoms with van der Waals surface area (Å²) < 4.78 is 0. The Morgan fingerprint density at radius 3 is 2.52 bits per heavy atom. The average molecular weight is 344 g/mol. The van der Waals surface area contributed by atoms with E-state index in [0.29, 0.717) is 0 Å². The van der Waals surface area contributed by atoms with Crippen LogP contribution in [0.25, 0.3) is 5.57 Å². The lowest BCUT2D eigenvalue weighted by atomic mass is 9.99. The van der Waals surface area contributed by atoms with Crippen LogP contribution in [0.1, 0.15) is 11.1 Å². The van der Waals surface area contributed by atoms with E-state index < -0.39 is 0 Å². The van der Waals surface area contributed by atoms with Gasteiger partial charge >= 0.3 is 0 Å². The van der Waals surface area contributed by atoms with Gasteiger partial charge in [0.15, 0.2) is 5.84 Å². The maximum atomic E-state index is 6.15. The molecular formula is C18H15Cl2N3. The first-order valence-corrected chi connectivity index (χ1v) is 7.63. The molecule has 116 valence electrons. The van der Waals surface area contributed by atoms with Crippen LogP contribution in [0.5, 0.6) is 0 Å². The molecule has 23 heavy (non-hydrogen) atoms. The SMILES string of the molecule is Cl.Clc1cccc(C2=CC(c3ccccc3)=NN3CCN=C23)c1. The molecule has 0 aliphatic carbocycles. The average Bonchev–Trinajstić information content (AvgIpc) is 3.03. The van der Waals surface area contributed by atoms with Gasteiger partial charge in [-0.3, -0.25) is 4.99 Å². The third-order valence-electron chi connectivity index (χ3n) is 3.77. The molecule has 2 aliphatic rings. The molecule has 0 N–H and O–H groups in total. The number of hydrogen-bond donors (Lipinski definition) is 0. The van der Waals surface area contributed by atoms with Crippen LogP contribution in [0.15, 0.2) is 70.8 Å². The van der Waals surface area contributed by atoms with E-state index in [1.807, 2.05) is 41.4 Å². The maximum absolute atomic E-state index is 6.15. The molecule has 2 aromatic carbocycles. The summed E-state index contributed by atoms with van der Waals surface area (Å²) in [7, 11) is 0. The lowest BCUT2D eigenvalue weighted by molar-refractivity contribution is 0.491. The van der Waals surface area contributed by atoms with Gasteiger partial charge in [-0.15, -0.1) is 12.4 Å². The summed E-state index contributed by atoms with van der Waals surface area (Å²) in [6.07, 6.45) is 2.10. The monoisotopic (exact) mass is 343 g/mol. The van der Waals surface area contributed by atoms with Crippen molar-refractivity contribution in [3.8, 4) is 0 Å². The second kappa shape index (κ2) is 6.57. The van der Waals surface area contributed by atoms with Crippen molar-refractivity contribution in [2.24, 2.45) is 10.1 Å². The first kappa shape index (κ1) is 15.8. The Morgan fingerprint density at radius 2 is 1.74 bits per heavy atom. The van der Waals surface area contributed by atoms with Crippen molar-refractivity contribution in [2.75, 3.05) is 13.1 Å². The molecule has 3 nitrogen and oxygen atoms in total. The molecule has 5 heteroatoms. The van der Waals surface area contributed by atoms with Crippen LogP contribution in [-0.4, -0.2) is 29.6 Å². The molecule has 0 atom stereocenters. The zero-order chi connectivity index (χ0) is 14.9. The number of halogens is 2. The van der Waals surface area contributed by atoms with Crippen LogP contribution >= 0.6 is 24.0 Å². The maximum Gasteiger partial charge on any atom is 0.152 e. The van der Waals surface area contributed by atoms with Crippen LogP contribution in [-0.2, 0) is 0 Å². The summed E-state index contributed by atoms with van der Waals surface area (Å²) in [6, 6.07) is 18.1. The lowest BCUT2D eigenvalue weighted by Gasteiger charge is -2.23. The normalized spacial score (nSPS) is 16.0. The van der Waals surface area contributed by atoms with Gasteiger partial charge in [0.25, 0.3) is 0 Å². The Bertz CT molecular complexity index is 810. The molecule has 0 fully saturated rings. The van der Waals surface area contributed by atoms with Crippen LogP contribution in [0.2, 0.25) is 5.02 Å². The number of aliphatic imine (C=N–C) groups is 1. The number of rotatable bonds is 2. The number of nitrogens with zero attached hydrogens (tertiary/aromatic N) is 3. The predicted octanol–water partition coefficient (Wildman–Crippen LogP) is 4.28. The summed E-state index contributed by atoms with van der Waals surface area (Å²) in [5.41, 5.74) is 4.21. The Balaban J connectivity index is 0.00000156. The third kappa shape index (κ3) is 3.03. The Kier molecular flexibility index (Phi) is 4.51. The first-order chi connectivity index (χ1) is 10.8. The van der Waals surface area contributed by atoms with E-state index in [1.165, 1.54) is 0 Å². The largest absolute Gasteiger partial charge is 0.265 e. The summed E-state index contributed by atoms with van der Waals surface area (Å²) in [6.45, 7) is 1.60. The molecule has 0 saturated carbocycles. The summed E-state index contributed by atoms with van der Waals surface area (Å²) >= 11 is 6.15. The number of benzene rings is 2. The van der Waals surface area contributed by atoms with E-state index in [1.54, 1.807) is 0 Å². The summed E-state index contributed by atoms with van der Waals surface area (Å²) in [5.74, 6) is 0.932. The Labute approximate surface area is 146 Å². The molecular weight excluding hydrogens is 329 g/mol. The molecule has 2 heterocycles. The fraction of sp³-hybridized carbons (Fsp3) is 0.111. The standard InChI is InChI=1S/C18H14ClN3.ClH/c19-15-8-4-7-14(11-15)16-12-17(13-5-2-1-3-6-13)21-22-10-9-20-18(16)22;/h1-8,11-12H,9-10H2;1H. The molecule has 2 aromatic rings. The van der Waals surface area contributed by atoms with Gasteiger partial charge in [-0.05, 0) is 23.8 Å². The van der Waals surface area contributed by atoms with Crippen molar-refractivity contribution in [1.29, 1.82) is 0 Å². The van der Waals surface area contributed by atoms with Crippen LogP contribution < -0.4 is 0 Å². The molecule has 0 saturated heterocycles. The Morgan fingerprint density at radius 1 is 0.957 bits per heavy atom. The van der Waals surface area contributed by atoms with Gasteiger partial charge in [0.2, 0.25) is 0 Å². The summed E-state index contributed by atoms with van der Waals surface area (Å²) in [5, 5.41) is 7.44. The minimum Gasteiger partial charge on any atom is -0.265 e. The molecule has 0 unspecified atom stereocenters. The van der Waals surface area contributed by atoms with Gasteiger partial charge in [0.05, 0.1) is 18.8 Å². The highest BCUT2D eigenvalue weighted by Gasteiger charge is 2.26. The van der Waals surface area contributed by atoms with Crippen molar-refractivity contribution in [3.63, 3.8) is 0 Å². The van der Waals surface area contributed by atoms with E-state index in [0.717, 1.165) is 46.4 Å². The highest BCUT2D eigenvalue weighted by molar-refractivity contribution is 6.33. The minimum atomic E-state index is 0. The first-order valence-electron chi connectivity index (χ1n) is 7.25. The molecule has 0 spiro atoms. The van der Waals surface area contributed by atoms with E-state index in [2.05, 4.69) is 29.3 Å². The molecule has 2 aliphatic heterocycles. The van der Waals surface area contributed by atoms with Gasteiger partial charge in [0, 0.05) is 16.2 Å². The Hall–Kier alpha value is -2.10. The molecule has 0 radical (unpaired) electrons. The minimum absolute atomic E-state index is 0. The van der Waals surface area contributed by atoms with Crippen molar-refractivity contribution < 1.29 is 0 Å². The van der Waals surface area contributed by atoms with Gasteiger partial charge in [-0.1, -0.05) is 54.1 Å². The number of amidine groups is 1. The number of fused-ring (bicyclic) bond motifs is 1. The van der Waals surface area contributed by atoms with Gasteiger partial charge in [-0.25, -0.2) is 5.01 Å². The molecule has 0 bridgehead atoms. The smallest absolute Gasteiger partial charge is 0.152 e. The quantitative estimate of drug-likeness (QED) is 0.799. The fourth-order valence-corrected chi connectivity index (χ4v) is 2.93. The van der Waals surface area contributed by atoms with Gasteiger partial charge < -0.3 is 0 Å². The second-order valence-electron chi connectivity index (χ2n) is 5.25. The highest BCUT2D eigenvalue weighted by atomic mass is 35.5. The molecule has 0 amide bonds. The van der Waals surface area contributed by atoms with Crippen molar-refractivity contribution >= 4 is 41.1 Å². The van der Waals surface area contributed by atoms with Gasteiger partial charge in [-0.2, -0.15) is 5.10 Å². The van der Waals surface area contributed by atoms with Crippen molar-refractivity contribution in [2.45, 2.75) is 0 Å². The zero-order valence-corrected chi connectivity index (χ0v) is 13.9. The highest BCUT2D eigenvalue weighted by Crippen LogP contribution is 2.28. The van der Waals surface area contributed by atoms with Crippen LogP contribution in [0, 0.1) is 0 Å². The summed E-state index contributed by atoms with van der Waals surface area (Å²) in [4.78, 5) is 4.60. The van der Waals surface area contributed by atoms with E-state index in [-0.39, 0.29) is 12.4 Å². The topological polar surface area (TPSA) is 28.0 Å². The lowest BCUT2D eigenvalue weighted by Crippen LogP contribution is -2.28. The van der Waals surface area contributed by atoms with E-state index in [9.17, 15) is 0 Å². The van der Waals surface area contributed by atoms with E-state index >= 15 is 0 Å². The molecule has 4 rings (SSSR count). The molecule has 0 aromatic heterocycles. The predicted molar refractivity (Wildman–Crippen MR) is 98.7 cm³/mol. The van der Waals surface area contributed by atoms with Crippen LogP contribution in [0.4, 0.5) is 0 Å². The van der Waals surface area contributed by atoms with Crippen LogP contribution in [0.3, 0.4) is 0 Å². The fourth-order valence-electron chi connectivity index (χ4n) is 2.74. The third-order valence-corrected chi connectivity index (χ3v) is 4.01. The zero-order valence-electron chi connectivity index (χ0n) is 12.3. The van der Waals surface area contributed by atoms with Crippen molar-refractivity contribution in [3.05, 3.63) is 76.8 Å². The van der Waals surface area contributed by atoms with Crippen molar-refractivity contribution in [1.82, 2.24) is 5.01 Å². The number of hydrogen-bond acceptors (Lipinski definition) is 3. The second-order valence-corrected chi connectivity index (χ2v) is 5.68. The van der Waals surface area contributed by atoms with E-state index in [4.69, 9.17) is 16.7 Å². The number of hydrazone groups is 1. The number of allylic oxidation sites excluding steroid dienone is 1. The van der Waals surface area contributed by atoms with Gasteiger partial charge in [0.1, 0.15) is 0 Å².